The second-order valence-corrected chi connectivity index (χ2v) is 5.59. The zero-order chi connectivity index (χ0) is 17.0. The predicted octanol–water partition coefficient (Wildman–Crippen LogP) is 0.495. The molecule has 1 aromatic heterocycles. The van der Waals surface area contributed by atoms with Gasteiger partial charge in [-0.2, -0.15) is 0 Å². The standard InChI is InChI=1S/C15H22N4O4/c1-10(13(20)17-15(16)22)18-8-5-11(6-9-18)19-7-3-4-12(19)14(21)23-2/h3-4,7,10-11H,5-6,8-9H2,1-2H3,(H3,16,17,20,22)/t10-/m1/s1. The zero-order valence-corrected chi connectivity index (χ0v) is 13.3. The van der Waals surface area contributed by atoms with Gasteiger partial charge in [-0.3, -0.25) is 15.0 Å². The number of nitrogens with one attached hydrogen (secondary N) is 1. The summed E-state index contributed by atoms with van der Waals surface area (Å²) in [4.78, 5) is 36.3. The van der Waals surface area contributed by atoms with Gasteiger partial charge < -0.3 is 15.0 Å². The van der Waals surface area contributed by atoms with E-state index in [1.165, 1.54) is 7.11 Å². The molecule has 0 radical (unpaired) electrons. The highest BCUT2D eigenvalue weighted by molar-refractivity contribution is 5.96. The maximum atomic E-state index is 11.8. The number of piperidine rings is 1. The molecule has 3 amide bonds. The first-order valence-corrected chi connectivity index (χ1v) is 7.53. The average molecular weight is 322 g/mol. The van der Waals surface area contributed by atoms with E-state index in [0.29, 0.717) is 18.8 Å². The minimum atomic E-state index is -0.841. The number of amides is 3. The Morgan fingerprint density at radius 3 is 2.57 bits per heavy atom. The number of carbonyl (C=O) groups is 3. The molecule has 0 aliphatic carbocycles. The predicted molar refractivity (Wildman–Crippen MR) is 82.8 cm³/mol. The summed E-state index contributed by atoms with van der Waals surface area (Å²) in [5.74, 6) is -0.751. The van der Waals surface area contributed by atoms with Crippen molar-refractivity contribution < 1.29 is 19.1 Å². The van der Waals surface area contributed by atoms with Gasteiger partial charge >= 0.3 is 12.0 Å². The van der Waals surface area contributed by atoms with Crippen molar-refractivity contribution in [2.24, 2.45) is 5.73 Å². The number of methoxy groups -OCH3 is 1. The van der Waals surface area contributed by atoms with Gasteiger partial charge in [0.1, 0.15) is 5.69 Å². The van der Waals surface area contributed by atoms with E-state index in [4.69, 9.17) is 10.5 Å². The summed E-state index contributed by atoms with van der Waals surface area (Å²) in [6, 6.07) is 2.48. The number of imide groups is 1. The van der Waals surface area contributed by atoms with E-state index in [0.717, 1.165) is 12.8 Å². The molecular weight excluding hydrogens is 300 g/mol. The highest BCUT2D eigenvalue weighted by atomic mass is 16.5. The number of hydrogen-bond acceptors (Lipinski definition) is 5. The zero-order valence-electron chi connectivity index (χ0n) is 13.3. The minimum absolute atomic E-state index is 0.182. The van der Waals surface area contributed by atoms with Crippen molar-refractivity contribution in [3.8, 4) is 0 Å². The summed E-state index contributed by atoms with van der Waals surface area (Å²) >= 11 is 0. The number of nitrogens with two attached hydrogens (primary N) is 1. The van der Waals surface area contributed by atoms with Crippen molar-refractivity contribution in [1.29, 1.82) is 0 Å². The lowest BCUT2D eigenvalue weighted by Gasteiger charge is -2.36. The summed E-state index contributed by atoms with van der Waals surface area (Å²) in [5, 5.41) is 2.10. The maximum Gasteiger partial charge on any atom is 0.354 e. The molecule has 0 unspecified atom stereocenters. The Morgan fingerprint density at radius 2 is 2.00 bits per heavy atom. The number of urea groups is 1. The molecule has 3 N–H and O–H groups in total. The second kappa shape index (κ2) is 7.28. The van der Waals surface area contributed by atoms with Crippen LogP contribution in [0, 0.1) is 0 Å². The third kappa shape index (κ3) is 3.89. The highest BCUT2D eigenvalue weighted by Crippen LogP contribution is 2.25. The van der Waals surface area contributed by atoms with Gasteiger partial charge in [-0.15, -0.1) is 0 Å². The number of hydrogen-bond donors (Lipinski definition) is 2. The summed E-state index contributed by atoms with van der Waals surface area (Å²) in [5.41, 5.74) is 5.50. The fourth-order valence-corrected chi connectivity index (χ4v) is 2.93. The minimum Gasteiger partial charge on any atom is -0.464 e. The summed E-state index contributed by atoms with van der Waals surface area (Å²) in [6.45, 7) is 3.13. The Balaban J connectivity index is 1.96. The lowest BCUT2D eigenvalue weighted by Crippen LogP contribution is -2.50. The van der Waals surface area contributed by atoms with Crippen LogP contribution in [0.2, 0.25) is 0 Å². The van der Waals surface area contributed by atoms with E-state index in [1.54, 1.807) is 13.0 Å². The van der Waals surface area contributed by atoms with Crippen LogP contribution in [0.4, 0.5) is 4.79 Å². The fourth-order valence-electron chi connectivity index (χ4n) is 2.93. The fraction of sp³-hybridized carbons (Fsp3) is 0.533. The van der Waals surface area contributed by atoms with Crippen molar-refractivity contribution >= 4 is 17.9 Å². The SMILES string of the molecule is COC(=O)c1cccn1C1CCN([C@H](C)C(=O)NC(N)=O)CC1. The van der Waals surface area contributed by atoms with Crippen molar-refractivity contribution in [3.63, 3.8) is 0 Å². The van der Waals surface area contributed by atoms with Gasteiger partial charge in [-0.1, -0.05) is 0 Å². The van der Waals surface area contributed by atoms with Crippen LogP contribution in [0.15, 0.2) is 18.3 Å². The summed E-state index contributed by atoms with van der Waals surface area (Å²) in [7, 11) is 1.36. The van der Waals surface area contributed by atoms with Crippen LogP contribution in [0.3, 0.4) is 0 Å². The van der Waals surface area contributed by atoms with Gasteiger partial charge in [0.15, 0.2) is 0 Å². The molecule has 2 heterocycles. The van der Waals surface area contributed by atoms with Crippen LogP contribution in [0.1, 0.15) is 36.3 Å². The molecule has 0 saturated carbocycles. The molecular formula is C15H22N4O4. The Morgan fingerprint density at radius 1 is 1.35 bits per heavy atom. The second-order valence-electron chi connectivity index (χ2n) is 5.59. The van der Waals surface area contributed by atoms with Gasteiger partial charge in [0.05, 0.1) is 13.2 Å². The molecule has 1 aliphatic heterocycles. The summed E-state index contributed by atoms with van der Waals surface area (Å²) in [6.07, 6.45) is 3.47. The van der Waals surface area contributed by atoms with Gasteiger partial charge in [0.2, 0.25) is 5.91 Å². The number of carbonyl (C=O) groups excluding carboxylic acids is 3. The van der Waals surface area contributed by atoms with Crippen LogP contribution in [0.25, 0.3) is 0 Å². The molecule has 8 heteroatoms. The lowest BCUT2D eigenvalue weighted by molar-refractivity contribution is -0.125. The molecule has 2 rings (SSSR count). The first kappa shape index (κ1) is 17.0. The molecule has 0 aromatic carbocycles. The first-order valence-electron chi connectivity index (χ1n) is 7.53. The van der Waals surface area contributed by atoms with E-state index in [2.05, 4.69) is 5.32 Å². The number of nitrogens with zero attached hydrogens (tertiary/aromatic N) is 2. The number of likely N-dealkylation sites (tertiary alicyclic amines) is 1. The molecule has 1 atom stereocenters. The van der Waals surface area contributed by atoms with Crippen LogP contribution in [0.5, 0.6) is 0 Å². The monoisotopic (exact) mass is 322 g/mol. The van der Waals surface area contributed by atoms with E-state index in [1.807, 2.05) is 21.7 Å². The molecule has 0 bridgehead atoms. The van der Waals surface area contributed by atoms with Crippen LogP contribution in [-0.4, -0.2) is 53.6 Å². The van der Waals surface area contributed by atoms with Gasteiger partial charge in [0, 0.05) is 25.3 Å². The first-order chi connectivity index (χ1) is 10.9. The van der Waals surface area contributed by atoms with Crippen molar-refractivity contribution in [1.82, 2.24) is 14.8 Å². The normalized spacial score (nSPS) is 17.5. The van der Waals surface area contributed by atoms with Crippen LogP contribution < -0.4 is 11.1 Å². The largest absolute Gasteiger partial charge is 0.464 e. The van der Waals surface area contributed by atoms with Crippen molar-refractivity contribution in [2.45, 2.75) is 31.8 Å². The van der Waals surface area contributed by atoms with Crippen LogP contribution in [-0.2, 0) is 9.53 Å². The molecule has 126 valence electrons. The van der Waals surface area contributed by atoms with Crippen molar-refractivity contribution in [3.05, 3.63) is 24.0 Å². The smallest absolute Gasteiger partial charge is 0.354 e. The van der Waals surface area contributed by atoms with Gasteiger partial charge in [0.25, 0.3) is 0 Å². The molecule has 1 aliphatic rings. The number of rotatable bonds is 4. The van der Waals surface area contributed by atoms with E-state index in [-0.39, 0.29) is 12.0 Å². The third-order valence-electron chi connectivity index (χ3n) is 4.24. The Labute approximate surface area is 134 Å². The summed E-state index contributed by atoms with van der Waals surface area (Å²) < 4.78 is 6.71. The van der Waals surface area contributed by atoms with E-state index < -0.39 is 18.0 Å². The molecule has 23 heavy (non-hydrogen) atoms. The third-order valence-corrected chi connectivity index (χ3v) is 4.24. The number of aromatic nitrogens is 1. The highest BCUT2D eigenvalue weighted by Gasteiger charge is 2.29. The van der Waals surface area contributed by atoms with Gasteiger partial charge in [-0.25, -0.2) is 9.59 Å². The average Bonchev–Trinajstić information content (AvgIpc) is 3.02. The lowest BCUT2D eigenvalue weighted by atomic mass is 10.0. The number of ether oxygens (including phenoxy) is 1. The number of primary amides is 1. The maximum absolute atomic E-state index is 11.8. The van der Waals surface area contributed by atoms with Crippen LogP contribution >= 0.6 is 0 Å². The molecule has 0 spiro atoms. The van der Waals surface area contributed by atoms with Gasteiger partial charge in [-0.05, 0) is 31.9 Å². The quantitative estimate of drug-likeness (QED) is 0.785. The molecule has 1 aromatic rings. The van der Waals surface area contributed by atoms with Crippen molar-refractivity contribution in [2.75, 3.05) is 20.2 Å². The number of esters is 1. The topological polar surface area (TPSA) is 107 Å². The Kier molecular flexibility index (Phi) is 5.38. The van der Waals surface area contributed by atoms with E-state index >= 15 is 0 Å². The molecule has 1 fully saturated rings. The molecule has 1 saturated heterocycles. The molecule has 8 nitrogen and oxygen atoms in total. The Hall–Kier alpha value is -2.35. The Bertz CT molecular complexity index is 590. The van der Waals surface area contributed by atoms with E-state index in [9.17, 15) is 14.4 Å².